The van der Waals surface area contributed by atoms with Crippen molar-refractivity contribution >= 4 is 0 Å². The van der Waals surface area contributed by atoms with Crippen LogP contribution in [0.2, 0.25) is 0 Å². The Morgan fingerprint density at radius 2 is 1.71 bits per heavy atom. The molecule has 0 aliphatic rings. The minimum atomic E-state index is -0.543. The molecule has 0 atom stereocenters. The van der Waals surface area contributed by atoms with Crippen LogP contribution in [0, 0.1) is 18.8 Å². The summed E-state index contributed by atoms with van der Waals surface area (Å²) in [7, 11) is 0. The van der Waals surface area contributed by atoms with Crippen LogP contribution in [0.15, 0.2) is 59.1 Å². The maximum atomic E-state index is 11.7. The van der Waals surface area contributed by atoms with E-state index in [-0.39, 0.29) is 5.69 Å². The standard InChI is InChI=1S/C17H12N2O2/c1-13-7-9-14(10-8-13)11-12-16-17(20)21-18-19(16)15-5-3-2-4-6-15/h2-10H,1H3. The molecule has 0 aliphatic heterocycles. The molecule has 0 saturated carbocycles. The van der Waals surface area contributed by atoms with E-state index in [2.05, 4.69) is 17.1 Å². The summed E-state index contributed by atoms with van der Waals surface area (Å²) in [6.45, 7) is 2.01. The highest BCUT2D eigenvalue weighted by atomic mass is 16.6. The van der Waals surface area contributed by atoms with Crippen LogP contribution in [0.5, 0.6) is 5.95 Å². The SMILES string of the molecule is Cc1ccc(C#Cc2c([O-])on[n+]2-c2ccccc2)cc1. The summed E-state index contributed by atoms with van der Waals surface area (Å²) >= 11 is 0. The van der Waals surface area contributed by atoms with Crippen LogP contribution < -0.4 is 9.79 Å². The van der Waals surface area contributed by atoms with E-state index >= 15 is 0 Å². The topological polar surface area (TPSA) is 53.0 Å². The average molecular weight is 276 g/mol. The zero-order valence-electron chi connectivity index (χ0n) is 11.4. The summed E-state index contributed by atoms with van der Waals surface area (Å²) in [6.07, 6.45) is 0. The molecule has 0 N–H and O–H groups in total. The van der Waals surface area contributed by atoms with Crippen LogP contribution in [0.4, 0.5) is 0 Å². The quantitative estimate of drug-likeness (QED) is 0.502. The third kappa shape index (κ3) is 2.77. The van der Waals surface area contributed by atoms with Gasteiger partial charge in [0, 0.05) is 23.6 Å². The molecule has 0 radical (unpaired) electrons. The van der Waals surface area contributed by atoms with Gasteiger partial charge < -0.3 is 9.63 Å². The minimum Gasteiger partial charge on any atom is -0.538 e. The Labute approximate surface area is 122 Å². The van der Waals surface area contributed by atoms with E-state index < -0.39 is 5.95 Å². The lowest BCUT2D eigenvalue weighted by atomic mass is 10.1. The minimum absolute atomic E-state index is 0.210. The van der Waals surface area contributed by atoms with Crippen molar-refractivity contribution in [3.63, 3.8) is 0 Å². The van der Waals surface area contributed by atoms with Gasteiger partial charge >= 0.3 is 5.69 Å². The fourth-order valence-corrected chi connectivity index (χ4v) is 1.87. The lowest BCUT2D eigenvalue weighted by Gasteiger charge is -1.92. The molecule has 21 heavy (non-hydrogen) atoms. The molecule has 4 nitrogen and oxygen atoms in total. The molecule has 0 aliphatic carbocycles. The van der Waals surface area contributed by atoms with Gasteiger partial charge in [0.2, 0.25) is 5.69 Å². The summed E-state index contributed by atoms with van der Waals surface area (Å²) in [5, 5.41) is 15.5. The zero-order valence-corrected chi connectivity index (χ0v) is 11.4. The number of hydrogen-bond acceptors (Lipinski definition) is 3. The van der Waals surface area contributed by atoms with E-state index in [4.69, 9.17) is 4.52 Å². The Morgan fingerprint density at radius 1 is 1.00 bits per heavy atom. The molecule has 2 aromatic carbocycles. The molecule has 3 aromatic rings. The highest BCUT2D eigenvalue weighted by Gasteiger charge is 2.17. The number of aromatic nitrogens is 2. The number of para-hydroxylation sites is 1. The normalized spacial score (nSPS) is 9.95. The average Bonchev–Trinajstić information content (AvgIpc) is 2.89. The Morgan fingerprint density at radius 3 is 2.43 bits per heavy atom. The van der Waals surface area contributed by atoms with Crippen molar-refractivity contribution < 1.29 is 14.3 Å². The largest absolute Gasteiger partial charge is 0.538 e. The maximum absolute atomic E-state index is 11.7. The molecule has 0 bridgehead atoms. The first-order valence-corrected chi connectivity index (χ1v) is 6.47. The first-order chi connectivity index (χ1) is 10.2. The van der Waals surface area contributed by atoms with Crippen LogP contribution in [0.3, 0.4) is 0 Å². The van der Waals surface area contributed by atoms with Gasteiger partial charge in [0.25, 0.3) is 0 Å². The molecule has 0 spiro atoms. The first-order valence-electron chi connectivity index (χ1n) is 6.47. The van der Waals surface area contributed by atoms with Gasteiger partial charge in [-0.1, -0.05) is 41.8 Å². The van der Waals surface area contributed by atoms with E-state index in [1.54, 1.807) is 0 Å². The smallest absolute Gasteiger partial charge is 0.314 e. The highest BCUT2D eigenvalue weighted by Crippen LogP contribution is 2.09. The Bertz CT molecular complexity index is 809. The van der Waals surface area contributed by atoms with Gasteiger partial charge in [-0.15, -0.1) is 0 Å². The molecule has 0 saturated heterocycles. The van der Waals surface area contributed by atoms with Gasteiger partial charge in [-0.2, -0.15) is 0 Å². The van der Waals surface area contributed by atoms with Crippen molar-refractivity contribution in [3.8, 4) is 23.5 Å². The van der Waals surface area contributed by atoms with Gasteiger partial charge in [0.1, 0.15) is 0 Å². The van der Waals surface area contributed by atoms with Gasteiger partial charge in [-0.25, -0.2) is 0 Å². The monoisotopic (exact) mass is 276 g/mol. The van der Waals surface area contributed by atoms with Gasteiger partial charge in [0.05, 0.1) is 5.27 Å². The fraction of sp³-hybridized carbons (Fsp3) is 0.0588. The van der Waals surface area contributed by atoms with Crippen LogP contribution >= 0.6 is 0 Å². The van der Waals surface area contributed by atoms with Gasteiger partial charge in [0.15, 0.2) is 5.95 Å². The molecule has 3 rings (SSSR count). The number of benzene rings is 2. The summed E-state index contributed by atoms with van der Waals surface area (Å²) < 4.78 is 6.12. The van der Waals surface area contributed by atoms with Crippen LogP contribution in [0.1, 0.15) is 16.8 Å². The molecule has 1 heterocycles. The van der Waals surface area contributed by atoms with Gasteiger partial charge in [-0.05, 0) is 23.7 Å². The van der Waals surface area contributed by atoms with Gasteiger partial charge in [-0.3, -0.25) is 0 Å². The van der Waals surface area contributed by atoms with E-state index in [0.29, 0.717) is 0 Å². The lowest BCUT2D eigenvalue weighted by molar-refractivity contribution is -0.672. The Hall–Kier alpha value is -3.06. The molecule has 4 heteroatoms. The molecule has 1 aromatic heterocycles. The highest BCUT2D eigenvalue weighted by molar-refractivity contribution is 5.41. The van der Waals surface area contributed by atoms with Crippen LogP contribution in [-0.2, 0) is 0 Å². The van der Waals surface area contributed by atoms with E-state index in [0.717, 1.165) is 16.8 Å². The van der Waals surface area contributed by atoms with Crippen LogP contribution in [0.25, 0.3) is 5.69 Å². The molecular formula is C17H12N2O2. The Balaban J connectivity index is 2.01. The zero-order chi connectivity index (χ0) is 14.7. The van der Waals surface area contributed by atoms with Crippen molar-refractivity contribution in [2.45, 2.75) is 6.92 Å². The number of aryl methyl sites for hydroxylation is 1. The predicted octanol–water partition coefficient (Wildman–Crippen LogP) is 1.73. The summed E-state index contributed by atoms with van der Waals surface area (Å²) in [4.78, 5) is 0. The van der Waals surface area contributed by atoms with E-state index in [1.165, 1.54) is 4.68 Å². The predicted molar refractivity (Wildman–Crippen MR) is 74.6 cm³/mol. The summed E-state index contributed by atoms with van der Waals surface area (Å²) in [6, 6.07) is 17.0. The van der Waals surface area contributed by atoms with Crippen molar-refractivity contribution in [3.05, 3.63) is 71.4 Å². The third-order valence-electron chi connectivity index (χ3n) is 2.99. The second-order valence-corrected chi connectivity index (χ2v) is 4.57. The second-order valence-electron chi connectivity index (χ2n) is 4.57. The second kappa shape index (κ2) is 5.51. The lowest BCUT2D eigenvalue weighted by Crippen LogP contribution is -2.35. The molecule has 0 amide bonds. The van der Waals surface area contributed by atoms with Crippen molar-refractivity contribution in [1.29, 1.82) is 0 Å². The summed E-state index contributed by atoms with van der Waals surface area (Å²) in [5.41, 5.74) is 2.94. The van der Waals surface area contributed by atoms with Crippen molar-refractivity contribution in [2.75, 3.05) is 0 Å². The summed E-state index contributed by atoms with van der Waals surface area (Å²) in [5.74, 6) is 5.25. The van der Waals surface area contributed by atoms with E-state index in [9.17, 15) is 5.11 Å². The molecule has 102 valence electrons. The molecule has 0 fully saturated rings. The molecular weight excluding hydrogens is 264 g/mol. The third-order valence-corrected chi connectivity index (χ3v) is 2.99. The molecule has 0 unspecified atom stereocenters. The fourth-order valence-electron chi connectivity index (χ4n) is 1.87. The number of rotatable bonds is 1. The van der Waals surface area contributed by atoms with Crippen molar-refractivity contribution in [2.24, 2.45) is 0 Å². The first kappa shape index (κ1) is 12.9. The Kier molecular flexibility index (Phi) is 3.40. The van der Waals surface area contributed by atoms with Crippen LogP contribution in [-0.4, -0.2) is 5.27 Å². The van der Waals surface area contributed by atoms with E-state index in [1.807, 2.05) is 61.5 Å². The number of hydrogen-bond donors (Lipinski definition) is 0. The van der Waals surface area contributed by atoms with Crippen molar-refractivity contribution in [1.82, 2.24) is 5.27 Å². The number of nitrogens with zero attached hydrogens (tertiary/aromatic N) is 2. The maximum Gasteiger partial charge on any atom is 0.314 e.